The first-order valence-electron chi connectivity index (χ1n) is 7.17. The van der Waals surface area contributed by atoms with E-state index in [-0.39, 0.29) is 16.4 Å². The molecule has 2 aromatic heterocycles. The maximum atomic E-state index is 12.5. The number of benzene rings is 1. The van der Waals surface area contributed by atoms with E-state index in [4.69, 9.17) is 5.73 Å². The van der Waals surface area contributed by atoms with Crippen molar-refractivity contribution in [1.82, 2.24) is 9.97 Å². The average molecular weight is 380 g/mol. The summed E-state index contributed by atoms with van der Waals surface area (Å²) in [5.74, 6) is -1.19. The molecule has 4 N–H and O–H groups in total. The van der Waals surface area contributed by atoms with Crippen LogP contribution in [0.15, 0.2) is 41.9 Å². The number of amides is 2. The van der Waals surface area contributed by atoms with E-state index in [0.717, 1.165) is 35.6 Å². The van der Waals surface area contributed by atoms with Crippen molar-refractivity contribution < 1.29 is 22.8 Å². The Morgan fingerprint density at radius 2 is 1.88 bits per heavy atom. The van der Waals surface area contributed by atoms with Crippen molar-refractivity contribution in [3.63, 3.8) is 0 Å². The van der Waals surface area contributed by atoms with Gasteiger partial charge in [0.1, 0.15) is 5.69 Å². The molecule has 0 atom stereocenters. The molecular weight excluding hydrogens is 369 g/mol. The highest BCUT2D eigenvalue weighted by Gasteiger charge is 2.30. The van der Waals surface area contributed by atoms with Gasteiger partial charge in [-0.25, -0.2) is 4.98 Å². The van der Waals surface area contributed by atoms with Crippen LogP contribution in [0.2, 0.25) is 0 Å². The van der Waals surface area contributed by atoms with Gasteiger partial charge < -0.3 is 10.7 Å². The number of nitrogens with one attached hydrogen (secondary N) is 2. The van der Waals surface area contributed by atoms with Crippen LogP contribution in [0, 0.1) is 0 Å². The van der Waals surface area contributed by atoms with Gasteiger partial charge in [0, 0.05) is 22.7 Å². The Balaban J connectivity index is 1.72. The van der Waals surface area contributed by atoms with Gasteiger partial charge in [-0.1, -0.05) is 0 Å². The van der Waals surface area contributed by atoms with Crippen LogP contribution in [0.4, 0.5) is 18.3 Å². The molecule has 26 heavy (non-hydrogen) atoms. The maximum Gasteiger partial charge on any atom is 0.416 e. The van der Waals surface area contributed by atoms with Gasteiger partial charge in [-0.15, -0.1) is 11.3 Å². The van der Waals surface area contributed by atoms with Crippen LogP contribution in [0.5, 0.6) is 0 Å². The number of primary amides is 1. The van der Waals surface area contributed by atoms with Crippen molar-refractivity contribution in [2.45, 2.75) is 6.18 Å². The molecule has 0 aliphatic carbocycles. The summed E-state index contributed by atoms with van der Waals surface area (Å²) >= 11 is 1.14. The molecule has 0 saturated carbocycles. The first kappa shape index (κ1) is 17.7. The standard InChI is InChI=1S/C16H11F3N4O2S/c17-16(18,19)10-3-1-8(2-4-10)14(25)23-15-22-12(7-26-15)9-5-11(13(20)24)21-6-9/h1-7,21H,(H2,20,24)(H,22,23,25). The molecule has 3 rings (SSSR count). The Morgan fingerprint density at radius 1 is 1.19 bits per heavy atom. The Labute approximate surface area is 148 Å². The number of H-pyrrole nitrogens is 1. The summed E-state index contributed by atoms with van der Waals surface area (Å²) in [7, 11) is 0. The topological polar surface area (TPSA) is 101 Å². The summed E-state index contributed by atoms with van der Waals surface area (Å²) in [5.41, 5.74) is 5.77. The lowest BCUT2D eigenvalue weighted by Gasteiger charge is -2.07. The van der Waals surface area contributed by atoms with E-state index in [1.807, 2.05) is 0 Å². The van der Waals surface area contributed by atoms with Crippen LogP contribution in [0.3, 0.4) is 0 Å². The molecule has 0 spiro atoms. The van der Waals surface area contributed by atoms with Gasteiger partial charge in [0.2, 0.25) is 0 Å². The number of carbonyl (C=O) groups is 2. The SMILES string of the molecule is NC(=O)c1cc(-c2csc(NC(=O)c3ccc(C(F)(F)F)cc3)n2)c[nH]1. The number of hydrogen-bond donors (Lipinski definition) is 3. The minimum atomic E-state index is -4.46. The summed E-state index contributed by atoms with van der Waals surface area (Å²) in [4.78, 5) is 30.1. The van der Waals surface area contributed by atoms with E-state index in [1.54, 1.807) is 11.6 Å². The van der Waals surface area contributed by atoms with E-state index in [0.29, 0.717) is 11.3 Å². The molecule has 2 heterocycles. The van der Waals surface area contributed by atoms with Crippen LogP contribution in [-0.2, 0) is 6.18 Å². The summed E-state index contributed by atoms with van der Waals surface area (Å²) in [6.07, 6.45) is -2.91. The number of aromatic amines is 1. The molecule has 0 unspecified atom stereocenters. The van der Waals surface area contributed by atoms with E-state index in [2.05, 4.69) is 15.3 Å². The van der Waals surface area contributed by atoms with Crippen molar-refractivity contribution in [2.24, 2.45) is 5.73 Å². The molecule has 134 valence electrons. The van der Waals surface area contributed by atoms with Gasteiger partial charge in [-0.05, 0) is 30.3 Å². The number of alkyl halides is 3. The van der Waals surface area contributed by atoms with Gasteiger partial charge in [0.15, 0.2) is 5.13 Å². The molecule has 0 aliphatic heterocycles. The lowest BCUT2D eigenvalue weighted by atomic mass is 10.1. The molecule has 2 amide bonds. The zero-order valence-electron chi connectivity index (χ0n) is 12.9. The van der Waals surface area contributed by atoms with Crippen LogP contribution in [-0.4, -0.2) is 21.8 Å². The van der Waals surface area contributed by atoms with E-state index in [1.165, 1.54) is 6.07 Å². The van der Waals surface area contributed by atoms with Crippen molar-refractivity contribution in [3.05, 3.63) is 58.7 Å². The highest BCUT2D eigenvalue weighted by atomic mass is 32.1. The first-order valence-corrected chi connectivity index (χ1v) is 8.05. The van der Waals surface area contributed by atoms with Crippen LogP contribution >= 0.6 is 11.3 Å². The van der Waals surface area contributed by atoms with Gasteiger partial charge in [-0.3, -0.25) is 14.9 Å². The summed E-state index contributed by atoms with van der Waals surface area (Å²) in [5, 5.41) is 4.45. The van der Waals surface area contributed by atoms with E-state index in [9.17, 15) is 22.8 Å². The molecule has 0 radical (unpaired) electrons. The largest absolute Gasteiger partial charge is 0.416 e. The number of carbonyl (C=O) groups excluding carboxylic acids is 2. The zero-order chi connectivity index (χ0) is 18.9. The minimum absolute atomic E-state index is 0.0763. The average Bonchev–Trinajstić information content (AvgIpc) is 3.23. The van der Waals surface area contributed by atoms with E-state index < -0.39 is 23.6 Å². The van der Waals surface area contributed by atoms with Crippen LogP contribution in [0.25, 0.3) is 11.3 Å². The molecule has 0 aliphatic rings. The molecule has 3 aromatic rings. The van der Waals surface area contributed by atoms with Crippen LogP contribution < -0.4 is 11.1 Å². The Kier molecular flexibility index (Phi) is 4.51. The van der Waals surface area contributed by atoms with E-state index >= 15 is 0 Å². The Hall–Kier alpha value is -3.14. The van der Waals surface area contributed by atoms with Gasteiger partial charge >= 0.3 is 6.18 Å². The highest BCUT2D eigenvalue weighted by molar-refractivity contribution is 7.14. The summed E-state index contributed by atoms with van der Waals surface area (Å²) < 4.78 is 37.6. The number of rotatable bonds is 4. The smallest absolute Gasteiger partial charge is 0.364 e. The molecule has 0 bridgehead atoms. The summed E-state index contributed by atoms with van der Waals surface area (Å²) in [6.45, 7) is 0. The van der Waals surface area contributed by atoms with Crippen molar-refractivity contribution in [3.8, 4) is 11.3 Å². The molecule has 0 fully saturated rings. The van der Waals surface area contributed by atoms with Crippen LogP contribution in [0.1, 0.15) is 26.4 Å². The second-order valence-electron chi connectivity index (χ2n) is 5.23. The number of hydrogen-bond acceptors (Lipinski definition) is 4. The number of nitrogens with zero attached hydrogens (tertiary/aromatic N) is 1. The molecule has 0 saturated heterocycles. The fourth-order valence-electron chi connectivity index (χ4n) is 2.13. The van der Waals surface area contributed by atoms with Gasteiger partial charge in [-0.2, -0.15) is 13.2 Å². The number of thiazole rings is 1. The number of anilines is 1. The highest BCUT2D eigenvalue weighted by Crippen LogP contribution is 2.29. The van der Waals surface area contributed by atoms with Gasteiger partial charge in [0.25, 0.3) is 11.8 Å². The fourth-order valence-corrected chi connectivity index (χ4v) is 2.84. The predicted octanol–water partition coefficient (Wildman–Crippen LogP) is 3.51. The lowest BCUT2D eigenvalue weighted by molar-refractivity contribution is -0.137. The fraction of sp³-hybridized carbons (Fsp3) is 0.0625. The molecule has 6 nitrogen and oxygen atoms in total. The third kappa shape index (κ3) is 3.75. The normalized spacial score (nSPS) is 11.3. The molecular formula is C16H11F3N4O2S. The number of aromatic nitrogens is 2. The first-order chi connectivity index (χ1) is 12.2. The van der Waals surface area contributed by atoms with Crippen molar-refractivity contribution in [2.75, 3.05) is 5.32 Å². The van der Waals surface area contributed by atoms with Gasteiger partial charge in [0.05, 0.1) is 11.3 Å². The third-order valence-corrected chi connectivity index (χ3v) is 4.20. The third-order valence-electron chi connectivity index (χ3n) is 3.44. The number of halogens is 3. The van der Waals surface area contributed by atoms with Crippen molar-refractivity contribution in [1.29, 1.82) is 0 Å². The molecule has 10 heteroatoms. The zero-order valence-corrected chi connectivity index (χ0v) is 13.7. The summed E-state index contributed by atoms with van der Waals surface area (Å²) in [6, 6.07) is 5.40. The minimum Gasteiger partial charge on any atom is -0.364 e. The lowest BCUT2D eigenvalue weighted by Crippen LogP contribution is -2.12. The number of nitrogens with two attached hydrogens (primary N) is 1. The second kappa shape index (κ2) is 6.64. The monoisotopic (exact) mass is 380 g/mol. The quantitative estimate of drug-likeness (QED) is 0.646. The molecule has 1 aromatic carbocycles. The van der Waals surface area contributed by atoms with Crippen molar-refractivity contribution >= 4 is 28.3 Å². The Bertz CT molecular complexity index is 961. The predicted molar refractivity (Wildman–Crippen MR) is 89.8 cm³/mol. The maximum absolute atomic E-state index is 12.5. The Morgan fingerprint density at radius 3 is 2.46 bits per heavy atom. The second-order valence-corrected chi connectivity index (χ2v) is 6.09.